The SMILES string of the molecule is CC(C)CC(NC(=O)c1ccc(N(C)C)cc1)C(=O)N1CCC2C1C(=O)CN2C(=O)c1cccc[n+]1[O-]. The highest BCUT2D eigenvalue weighted by molar-refractivity contribution is 6.02. The van der Waals surface area contributed by atoms with Crippen molar-refractivity contribution in [3.8, 4) is 0 Å². The molecule has 2 aliphatic heterocycles. The molecule has 3 heterocycles. The molecule has 196 valence electrons. The number of nitrogens with one attached hydrogen (secondary N) is 1. The van der Waals surface area contributed by atoms with Gasteiger partial charge in [0.2, 0.25) is 5.91 Å². The van der Waals surface area contributed by atoms with Gasteiger partial charge in [-0.2, -0.15) is 4.73 Å². The molecule has 10 heteroatoms. The van der Waals surface area contributed by atoms with E-state index in [1.54, 1.807) is 18.2 Å². The molecule has 0 radical (unpaired) electrons. The van der Waals surface area contributed by atoms with Crippen LogP contribution >= 0.6 is 0 Å². The molecule has 2 aromatic rings. The number of hydrogen-bond acceptors (Lipinski definition) is 6. The van der Waals surface area contributed by atoms with E-state index < -0.39 is 24.0 Å². The lowest BCUT2D eigenvalue weighted by atomic mass is 10.0. The van der Waals surface area contributed by atoms with Crippen molar-refractivity contribution in [3.63, 3.8) is 0 Å². The van der Waals surface area contributed by atoms with E-state index in [2.05, 4.69) is 5.32 Å². The molecule has 3 atom stereocenters. The minimum Gasteiger partial charge on any atom is -0.618 e. The van der Waals surface area contributed by atoms with Gasteiger partial charge in [0, 0.05) is 44.0 Å². The summed E-state index contributed by atoms with van der Waals surface area (Å²) in [6, 6.07) is 9.53. The summed E-state index contributed by atoms with van der Waals surface area (Å²) in [5.74, 6) is -1.35. The van der Waals surface area contributed by atoms with Gasteiger partial charge in [-0.1, -0.05) is 13.8 Å². The molecule has 0 spiro atoms. The molecule has 3 amide bonds. The van der Waals surface area contributed by atoms with Gasteiger partial charge in [-0.25, -0.2) is 0 Å². The van der Waals surface area contributed by atoms with E-state index in [4.69, 9.17) is 0 Å². The molecule has 1 aromatic carbocycles. The highest BCUT2D eigenvalue weighted by Gasteiger charge is 2.53. The van der Waals surface area contributed by atoms with E-state index in [0.29, 0.717) is 23.1 Å². The molecule has 0 aliphatic carbocycles. The summed E-state index contributed by atoms with van der Waals surface area (Å²) in [5.41, 5.74) is 1.33. The van der Waals surface area contributed by atoms with Crippen molar-refractivity contribution < 1.29 is 23.9 Å². The second-order valence-corrected chi connectivity index (χ2v) is 10.2. The van der Waals surface area contributed by atoms with Crippen LogP contribution in [-0.2, 0) is 9.59 Å². The molecule has 0 bridgehead atoms. The van der Waals surface area contributed by atoms with Crippen LogP contribution in [0.1, 0.15) is 47.5 Å². The van der Waals surface area contributed by atoms with Crippen molar-refractivity contribution >= 4 is 29.2 Å². The lowest BCUT2D eigenvalue weighted by molar-refractivity contribution is -0.608. The standard InChI is InChI=1S/C27H33N5O5/c1-17(2)15-20(28-25(34)18-8-10-19(11-9-18)29(3)4)26(35)30-14-12-21-24(30)23(33)16-31(21)27(36)22-7-5-6-13-32(22)37/h5-11,13,17,20-21,24H,12,14-16H2,1-4H3,(H,28,34). The number of ketones is 1. The van der Waals surface area contributed by atoms with E-state index in [1.165, 1.54) is 28.1 Å². The number of hydrogen-bond donors (Lipinski definition) is 1. The predicted octanol–water partition coefficient (Wildman–Crippen LogP) is 1.23. The van der Waals surface area contributed by atoms with Crippen molar-refractivity contribution in [2.75, 3.05) is 32.1 Å². The van der Waals surface area contributed by atoms with Gasteiger partial charge in [-0.3, -0.25) is 19.2 Å². The molecule has 1 N–H and O–H groups in total. The summed E-state index contributed by atoms with van der Waals surface area (Å²) in [7, 11) is 3.82. The van der Waals surface area contributed by atoms with Crippen LogP contribution in [0.15, 0.2) is 48.7 Å². The minimum atomic E-state index is -0.810. The maximum absolute atomic E-state index is 13.7. The summed E-state index contributed by atoms with van der Waals surface area (Å²) in [4.78, 5) is 57.6. The molecular formula is C27H33N5O5. The van der Waals surface area contributed by atoms with E-state index >= 15 is 0 Å². The number of carbonyl (C=O) groups is 4. The molecule has 10 nitrogen and oxygen atoms in total. The van der Waals surface area contributed by atoms with Gasteiger partial charge in [0.1, 0.15) is 12.1 Å². The summed E-state index contributed by atoms with van der Waals surface area (Å²) in [6.07, 6.45) is 2.07. The molecule has 3 unspecified atom stereocenters. The van der Waals surface area contributed by atoms with Gasteiger partial charge >= 0.3 is 5.91 Å². The largest absolute Gasteiger partial charge is 0.618 e. The number of aromatic nitrogens is 1. The van der Waals surface area contributed by atoms with Crippen LogP contribution in [0.25, 0.3) is 0 Å². The summed E-state index contributed by atoms with van der Waals surface area (Å²) in [6.45, 7) is 4.05. The first kappa shape index (κ1) is 26.1. The van der Waals surface area contributed by atoms with Gasteiger partial charge in [0.05, 0.1) is 12.6 Å². The number of fused-ring (bicyclic) bond motifs is 1. The van der Waals surface area contributed by atoms with E-state index in [-0.39, 0.29) is 42.3 Å². The molecule has 2 fully saturated rings. The van der Waals surface area contributed by atoms with Crippen molar-refractivity contribution in [1.29, 1.82) is 0 Å². The Hall–Kier alpha value is -3.95. The third-order valence-corrected chi connectivity index (χ3v) is 6.97. The maximum atomic E-state index is 13.7. The Balaban J connectivity index is 1.51. The number of carbonyl (C=O) groups excluding carboxylic acids is 4. The average molecular weight is 508 g/mol. The van der Waals surface area contributed by atoms with Crippen LogP contribution in [0.3, 0.4) is 0 Å². The third kappa shape index (κ3) is 5.28. The van der Waals surface area contributed by atoms with E-state index in [1.807, 2.05) is 45.0 Å². The highest BCUT2D eigenvalue weighted by atomic mass is 16.5. The minimum absolute atomic E-state index is 0.0639. The Morgan fingerprint density at radius 3 is 2.43 bits per heavy atom. The number of Topliss-reactive ketones (excluding diaryl/α,β-unsaturated/α-hetero) is 1. The van der Waals surface area contributed by atoms with Crippen LogP contribution in [0.4, 0.5) is 5.69 Å². The lowest BCUT2D eigenvalue weighted by Crippen LogP contribution is -2.53. The molecule has 2 saturated heterocycles. The van der Waals surface area contributed by atoms with Crippen LogP contribution in [-0.4, -0.2) is 78.6 Å². The van der Waals surface area contributed by atoms with Gasteiger partial charge in [-0.15, -0.1) is 0 Å². The topological polar surface area (TPSA) is 117 Å². The first-order chi connectivity index (χ1) is 17.6. The van der Waals surface area contributed by atoms with Crippen molar-refractivity contribution in [2.45, 2.75) is 44.8 Å². The van der Waals surface area contributed by atoms with E-state index in [0.717, 1.165) is 5.69 Å². The fourth-order valence-corrected chi connectivity index (χ4v) is 5.13. The Morgan fingerprint density at radius 2 is 1.81 bits per heavy atom. The Bertz CT molecular complexity index is 1200. The van der Waals surface area contributed by atoms with Crippen LogP contribution in [0.2, 0.25) is 0 Å². The fraction of sp³-hybridized carbons (Fsp3) is 0.444. The predicted molar refractivity (Wildman–Crippen MR) is 137 cm³/mol. The molecule has 1 aromatic heterocycles. The quantitative estimate of drug-likeness (QED) is 0.445. The first-order valence-corrected chi connectivity index (χ1v) is 12.5. The van der Waals surface area contributed by atoms with Crippen molar-refractivity contribution in [2.24, 2.45) is 5.92 Å². The van der Waals surface area contributed by atoms with Crippen molar-refractivity contribution in [3.05, 3.63) is 65.1 Å². The molecule has 2 aliphatic rings. The number of pyridine rings is 1. The third-order valence-electron chi connectivity index (χ3n) is 6.97. The normalized spacial score (nSPS) is 19.6. The Kier molecular flexibility index (Phi) is 7.47. The van der Waals surface area contributed by atoms with Crippen molar-refractivity contribution in [1.82, 2.24) is 15.1 Å². The first-order valence-electron chi connectivity index (χ1n) is 12.5. The van der Waals surface area contributed by atoms with Crippen LogP contribution in [0.5, 0.6) is 0 Å². The smallest absolute Gasteiger partial charge is 0.320 e. The molecular weight excluding hydrogens is 474 g/mol. The zero-order chi connectivity index (χ0) is 26.9. The number of benzene rings is 1. The monoisotopic (exact) mass is 507 g/mol. The average Bonchev–Trinajstić information content (AvgIpc) is 3.44. The molecule has 4 rings (SSSR count). The summed E-state index contributed by atoms with van der Waals surface area (Å²) in [5, 5.41) is 15.0. The summed E-state index contributed by atoms with van der Waals surface area (Å²) >= 11 is 0. The van der Waals surface area contributed by atoms with Gasteiger partial charge in [-0.05, 0) is 49.1 Å². The number of rotatable bonds is 7. The molecule has 0 saturated carbocycles. The fourth-order valence-electron chi connectivity index (χ4n) is 5.13. The van der Waals surface area contributed by atoms with E-state index in [9.17, 15) is 24.4 Å². The Labute approximate surface area is 216 Å². The van der Waals surface area contributed by atoms with Gasteiger partial charge in [0.25, 0.3) is 11.6 Å². The Morgan fingerprint density at radius 1 is 1.11 bits per heavy atom. The van der Waals surface area contributed by atoms with Gasteiger partial charge < -0.3 is 25.2 Å². The highest BCUT2D eigenvalue weighted by Crippen LogP contribution is 2.31. The van der Waals surface area contributed by atoms with Crippen LogP contribution in [0, 0.1) is 11.1 Å². The zero-order valence-electron chi connectivity index (χ0n) is 21.6. The number of likely N-dealkylation sites (tertiary alicyclic amines) is 2. The summed E-state index contributed by atoms with van der Waals surface area (Å²) < 4.78 is 0.483. The number of nitrogens with zero attached hydrogens (tertiary/aromatic N) is 4. The second-order valence-electron chi connectivity index (χ2n) is 10.2. The molecule has 37 heavy (non-hydrogen) atoms. The number of amides is 3. The maximum Gasteiger partial charge on any atom is 0.320 e. The van der Waals surface area contributed by atoms with Gasteiger partial charge in [0.15, 0.2) is 12.0 Å². The van der Waals surface area contributed by atoms with Crippen LogP contribution < -0.4 is 14.9 Å². The second kappa shape index (κ2) is 10.6. The number of anilines is 1. The lowest BCUT2D eigenvalue weighted by Gasteiger charge is -2.29. The zero-order valence-corrected chi connectivity index (χ0v) is 21.6.